The van der Waals surface area contributed by atoms with Gasteiger partial charge < -0.3 is 9.80 Å². The monoisotopic (exact) mass is 369 g/mol. The second-order valence-corrected chi connectivity index (χ2v) is 7.83. The van der Waals surface area contributed by atoms with E-state index in [0.29, 0.717) is 18.7 Å². The molecule has 1 atom stereocenters. The number of aromatic nitrogens is 1. The van der Waals surface area contributed by atoms with Crippen LogP contribution in [0.1, 0.15) is 47.6 Å². The molecule has 0 spiro atoms. The highest BCUT2D eigenvalue weighted by Crippen LogP contribution is 2.35. The summed E-state index contributed by atoms with van der Waals surface area (Å²) < 4.78 is 0. The van der Waals surface area contributed by atoms with Gasteiger partial charge in [-0.05, 0) is 60.2 Å². The molecule has 0 bridgehead atoms. The van der Waals surface area contributed by atoms with Crippen molar-refractivity contribution in [1.29, 1.82) is 0 Å². The van der Waals surface area contributed by atoms with Crippen LogP contribution in [-0.2, 0) is 4.79 Å². The van der Waals surface area contributed by atoms with E-state index in [1.54, 1.807) is 35.9 Å². The average Bonchev–Trinajstić information content (AvgIpc) is 3.39. The van der Waals surface area contributed by atoms with Crippen molar-refractivity contribution in [2.45, 2.75) is 31.7 Å². The zero-order valence-corrected chi connectivity index (χ0v) is 15.5. The molecule has 2 aromatic heterocycles. The van der Waals surface area contributed by atoms with E-state index in [1.807, 2.05) is 4.90 Å². The second-order valence-electron chi connectivity index (χ2n) is 7.05. The number of piperidine rings is 1. The summed E-state index contributed by atoms with van der Waals surface area (Å²) in [5.74, 6) is 0.320. The van der Waals surface area contributed by atoms with Gasteiger partial charge in [0.25, 0.3) is 5.91 Å². The molecule has 5 nitrogen and oxygen atoms in total. The van der Waals surface area contributed by atoms with Crippen LogP contribution in [-0.4, -0.2) is 46.2 Å². The summed E-state index contributed by atoms with van der Waals surface area (Å²) in [6.07, 6.45) is 6.90. The molecule has 2 aliphatic heterocycles. The standard InChI is InChI=1S/C20H23N3O2S/c24-19(16-3-1-8-21-13-16)22-10-5-15(6-11-22)20(25)23-9-2-4-18(23)17-7-12-26-14-17/h1,3,7-8,12-15,18H,2,4-6,9-11H2/t18-/m1/s1. The number of amides is 2. The number of hydrogen-bond donors (Lipinski definition) is 0. The maximum atomic E-state index is 13.1. The summed E-state index contributed by atoms with van der Waals surface area (Å²) in [5, 5.41) is 4.24. The molecule has 2 amide bonds. The van der Waals surface area contributed by atoms with E-state index >= 15 is 0 Å². The fraction of sp³-hybridized carbons (Fsp3) is 0.450. The van der Waals surface area contributed by atoms with Crippen LogP contribution in [0.25, 0.3) is 0 Å². The van der Waals surface area contributed by atoms with Gasteiger partial charge >= 0.3 is 0 Å². The maximum Gasteiger partial charge on any atom is 0.255 e. The Balaban J connectivity index is 1.37. The van der Waals surface area contributed by atoms with Gasteiger partial charge in [0.2, 0.25) is 5.91 Å². The normalized spacial score (nSPS) is 21.2. The quantitative estimate of drug-likeness (QED) is 0.834. The number of rotatable bonds is 3. The topological polar surface area (TPSA) is 53.5 Å². The number of nitrogens with zero attached hydrogens (tertiary/aromatic N) is 3. The summed E-state index contributed by atoms with van der Waals surface area (Å²) in [6.45, 7) is 2.14. The molecule has 2 aliphatic rings. The Kier molecular flexibility index (Phi) is 5.02. The molecular formula is C20H23N3O2S. The van der Waals surface area contributed by atoms with E-state index in [9.17, 15) is 9.59 Å². The Bertz CT molecular complexity index is 755. The summed E-state index contributed by atoms with van der Waals surface area (Å²) >= 11 is 1.69. The summed E-state index contributed by atoms with van der Waals surface area (Å²) in [4.78, 5) is 33.5. The van der Waals surface area contributed by atoms with Crippen molar-refractivity contribution in [2.75, 3.05) is 19.6 Å². The van der Waals surface area contributed by atoms with Gasteiger partial charge in [0.1, 0.15) is 0 Å². The van der Waals surface area contributed by atoms with Crippen molar-refractivity contribution >= 4 is 23.2 Å². The molecular weight excluding hydrogens is 346 g/mol. The van der Waals surface area contributed by atoms with Gasteiger partial charge in [0, 0.05) is 37.9 Å². The number of carbonyl (C=O) groups excluding carboxylic acids is 2. The number of likely N-dealkylation sites (tertiary alicyclic amines) is 2. The van der Waals surface area contributed by atoms with Crippen LogP contribution in [0.15, 0.2) is 41.4 Å². The van der Waals surface area contributed by atoms with Gasteiger partial charge in [-0.2, -0.15) is 11.3 Å². The first-order valence-corrected chi connectivity index (χ1v) is 10.2. The van der Waals surface area contributed by atoms with Gasteiger partial charge in [-0.3, -0.25) is 14.6 Å². The lowest BCUT2D eigenvalue weighted by molar-refractivity contribution is -0.137. The zero-order valence-electron chi connectivity index (χ0n) is 14.7. The Morgan fingerprint density at radius 3 is 2.65 bits per heavy atom. The number of thiophene rings is 1. The summed E-state index contributed by atoms with van der Waals surface area (Å²) in [5.41, 5.74) is 1.89. The van der Waals surface area contributed by atoms with Crippen LogP contribution in [0.2, 0.25) is 0 Å². The largest absolute Gasteiger partial charge is 0.339 e. The van der Waals surface area contributed by atoms with E-state index in [2.05, 4.69) is 26.7 Å². The van der Waals surface area contributed by atoms with Crippen molar-refractivity contribution in [3.05, 3.63) is 52.5 Å². The van der Waals surface area contributed by atoms with Crippen molar-refractivity contribution in [2.24, 2.45) is 5.92 Å². The lowest BCUT2D eigenvalue weighted by Gasteiger charge is -2.35. The highest BCUT2D eigenvalue weighted by molar-refractivity contribution is 7.08. The van der Waals surface area contributed by atoms with Crippen LogP contribution in [0, 0.1) is 5.92 Å². The molecule has 2 aromatic rings. The Morgan fingerprint density at radius 2 is 1.96 bits per heavy atom. The first kappa shape index (κ1) is 17.2. The lowest BCUT2D eigenvalue weighted by Crippen LogP contribution is -2.44. The van der Waals surface area contributed by atoms with Crippen LogP contribution in [0.4, 0.5) is 0 Å². The molecule has 2 fully saturated rings. The highest BCUT2D eigenvalue weighted by Gasteiger charge is 2.36. The molecule has 0 N–H and O–H groups in total. The SMILES string of the molecule is O=C(c1cccnc1)N1CCC(C(=O)N2CCC[C@@H]2c2ccsc2)CC1. The van der Waals surface area contributed by atoms with E-state index in [1.165, 1.54) is 5.56 Å². The molecule has 4 rings (SSSR count). The van der Waals surface area contributed by atoms with E-state index in [4.69, 9.17) is 0 Å². The maximum absolute atomic E-state index is 13.1. The highest BCUT2D eigenvalue weighted by atomic mass is 32.1. The number of pyridine rings is 1. The molecule has 0 saturated carbocycles. The Morgan fingerprint density at radius 1 is 1.12 bits per heavy atom. The van der Waals surface area contributed by atoms with E-state index < -0.39 is 0 Å². The summed E-state index contributed by atoms with van der Waals surface area (Å²) in [7, 11) is 0. The molecule has 0 aromatic carbocycles. The molecule has 0 radical (unpaired) electrons. The Labute approximate surface area is 157 Å². The fourth-order valence-corrected chi connectivity index (χ4v) is 4.78. The fourth-order valence-electron chi connectivity index (χ4n) is 4.08. The first-order chi connectivity index (χ1) is 12.7. The smallest absolute Gasteiger partial charge is 0.255 e. The zero-order chi connectivity index (χ0) is 17.9. The van der Waals surface area contributed by atoms with Gasteiger partial charge in [-0.15, -0.1) is 0 Å². The third-order valence-electron chi connectivity index (χ3n) is 5.50. The minimum absolute atomic E-state index is 0.0151. The average molecular weight is 369 g/mol. The first-order valence-electron chi connectivity index (χ1n) is 9.26. The van der Waals surface area contributed by atoms with Gasteiger partial charge in [0.05, 0.1) is 11.6 Å². The van der Waals surface area contributed by atoms with E-state index in [0.717, 1.165) is 32.2 Å². The molecule has 6 heteroatoms. The lowest BCUT2D eigenvalue weighted by atomic mass is 9.94. The molecule has 2 saturated heterocycles. The molecule has 26 heavy (non-hydrogen) atoms. The van der Waals surface area contributed by atoms with Crippen LogP contribution in [0.3, 0.4) is 0 Å². The van der Waals surface area contributed by atoms with Gasteiger partial charge in [0.15, 0.2) is 0 Å². The van der Waals surface area contributed by atoms with Crippen molar-refractivity contribution in [3.63, 3.8) is 0 Å². The number of carbonyl (C=O) groups is 2. The second kappa shape index (κ2) is 7.58. The van der Waals surface area contributed by atoms with E-state index in [-0.39, 0.29) is 23.8 Å². The Hall–Kier alpha value is -2.21. The van der Waals surface area contributed by atoms with Crippen LogP contribution < -0.4 is 0 Å². The summed E-state index contributed by atoms with van der Waals surface area (Å²) in [6, 6.07) is 5.95. The predicted octanol–water partition coefficient (Wildman–Crippen LogP) is 3.36. The minimum atomic E-state index is 0.0151. The van der Waals surface area contributed by atoms with Crippen LogP contribution >= 0.6 is 11.3 Å². The number of hydrogen-bond acceptors (Lipinski definition) is 4. The van der Waals surface area contributed by atoms with Crippen LogP contribution in [0.5, 0.6) is 0 Å². The van der Waals surface area contributed by atoms with Gasteiger partial charge in [-0.25, -0.2) is 0 Å². The van der Waals surface area contributed by atoms with Crippen molar-refractivity contribution < 1.29 is 9.59 Å². The molecule has 0 aliphatic carbocycles. The third kappa shape index (κ3) is 3.38. The van der Waals surface area contributed by atoms with Crippen molar-refractivity contribution in [3.8, 4) is 0 Å². The van der Waals surface area contributed by atoms with Crippen molar-refractivity contribution in [1.82, 2.24) is 14.8 Å². The van der Waals surface area contributed by atoms with Gasteiger partial charge in [-0.1, -0.05) is 0 Å². The molecule has 4 heterocycles. The third-order valence-corrected chi connectivity index (χ3v) is 6.21. The molecule has 136 valence electrons. The minimum Gasteiger partial charge on any atom is -0.339 e. The predicted molar refractivity (Wildman–Crippen MR) is 101 cm³/mol. The molecule has 0 unspecified atom stereocenters.